The Morgan fingerprint density at radius 2 is 2.33 bits per heavy atom. The van der Waals surface area contributed by atoms with Crippen molar-refractivity contribution in [2.24, 2.45) is 11.1 Å². The summed E-state index contributed by atoms with van der Waals surface area (Å²) in [5, 5.41) is 3.10. The van der Waals surface area contributed by atoms with Crippen molar-refractivity contribution >= 4 is 0 Å². The van der Waals surface area contributed by atoms with E-state index in [1.165, 1.54) is 0 Å². The maximum Gasteiger partial charge on any atom is 0.0569 e. The van der Waals surface area contributed by atoms with Gasteiger partial charge in [-0.1, -0.05) is 0 Å². The van der Waals surface area contributed by atoms with Crippen LogP contribution < -0.4 is 11.1 Å². The van der Waals surface area contributed by atoms with E-state index < -0.39 is 0 Å². The fourth-order valence-electron chi connectivity index (χ4n) is 1.06. The van der Waals surface area contributed by atoms with Crippen molar-refractivity contribution in [3.63, 3.8) is 0 Å². The lowest BCUT2D eigenvalue weighted by molar-refractivity contribution is -0.104. The van der Waals surface area contributed by atoms with Gasteiger partial charge in [0.1, 0.15) is 0 Å². The van der Waals surface area contributed by atoms with E-state index in [0.717, 1.165) is 26.3 Å². The van der Waals surface area contributed by atoms with Crippen LogP contribution in [0.4, 0.5) is 0 Å². The molecule has 0 bridgehead atoms. The molecule has 0 atom stereocenters. The van der Waals surface area contributed by atoms with Gasteiger partial charge in [-0.2, -0.15) is 0 Å². The van der Waals surface area contributed by atoms with Gasteiger partial charge in [0.05, 0.1) is 13.2 Å². The van der Waals surface area contributed by atoms with Crippen molar-refractivity contribution in [2.75, 3.05) is 33.4 Å². The SMILES string of the molecule is CNCC1(CN)COC1. The van der Waals surface area contributed by atoms with Gasteiger partial charge in [-0.3, -0.25) is 0 Å². The van der Waals surface area contributed by atoms with Crippen LogP contribution in [0.2, 0.25) is 0 Å². The molecule has 0 aromatic heterocycles. The Kier molecular flexibility index (Phi) is 2.05. The molecule has 1 fully saturated rings. The molecule has 3 N–H and O–H groups in total. The number of hydrogen-bond donors (Lipinski definition) is 2. The fraction of sp³-hybridized carbons (Fsp3) is 1.00. The van der Waals surface area contributed by atoms with Gasteiger partial charge in [0.15, 0.2) is 0 Å². The van der Waals surface area contributed by atoms with Crippen LogP contribution in [0, 0.1) is 5.41 Å². The average molecular weight is 130 g/mol. The van der Waals surface area contributed by atoms with E-state index in [0.29, 0.717) is 0 Å². The first-order valence-corrected chi connectivity index (χ1v) is 3.25. The fourth-order valence-corrected chi connectivity index (χ4v) is 1.06. The number of rotatable bonds is 3. The quantitative estimate of drug-likeness (QED) is 0.525. The van der Waals surface area contributed by atoms with Crippen molar-refractivity contribution in [3.05, 3.63) is 0 Å². The van der Waals surface area contributed by atoms with E-state index in [9.17, 15) is 0 Å². The van der Waals surface area contributed by atoms with Crippen LogP contribution in [-0.2, 0) is 4.74 Å². The predicted molar refractivity (Wildman–Crippen MR) is 36.2 cm³/mol. The van der Waals surface area contributed by atoms with Crippen molar-refractivity contribution in [3.8, 4) is 0 Å². The van der Waals surface area contributed by atoms with Crippen LogP contribution in [0.5, 0.6) is 0 Å². The van der Waals surface area contributed by atoms with Gasteiger partial charge in [-0.25, -0.2) is 0 Å². The molecule has 1 heterocycles. The third-order valence-corrected chi connectivity index (χ3v) is 1.80. The topological polar surface area (TPSA) is 47.3 Å². The summed E-state index contributed by atoms with van der Waals surface area (Å²) in [6, 6.07) is 0. The van der Waals surface area contributed by atoms with Gasteiger partial charge < -0.3 is 15.8 Å². The second-order valence-corrected chi connectivity index (χ2v) is 2.73. The van der Waals surface area contributed by atoms with Crippen molar-refractivity contribution in [1.82, 2.24) is 5.32 Å². The lowest BCUT2D eigenvalue weighted by Crippen LogP contribution is -2.53. The Balaban J connectivity index is 2.28. The van der Waals surface area contributed by atoms with E-state index in [4.69, 9.17) is 10.5 Å². The minimum absolute atomic E-state index is 0.259. The molecule has 3 nitrogen and oxygen atoms in total. The smallest absolute Gasteiger partial charge is 0.0569 e. The molecule has 54 valence electrons. The first-order valence-electron chi connectivity index (χ1n) is 3.25. The summed E-state index contributed by atoms with van der Waals surface area (Å²) in [6.07, 6.45) is 0. The molecule has 0 aromatic rings. The van der Waals surface area contributed by atoms with E-state index in [1.807, 2.05) is 7.05 Å². The maximum absolute atomic E-state index is 5.53. The Bertz CT molecular complexity index is 85.5. The highest BCUT2D eigenvalue weighted by molar-refractivity contribution is 4.87. The number of nitrogens with one attached hydrogen (secondary N) is 1. The maximum atomic E-state index is 5.53. The second-order valence-electron chi connectivity index (χ2n) is 2.73. The molecule has 0 aromatic carbocycles. The first kappa shape index (κ1) is 6.99. The number of hydrogen-bond acceptors (Lipinski definition) is 3. The largest absolute Gasteiger partial charge is 0.380 e. The molecule has 9 heavy (non-hydrogen) atoms. The number of ether oxygens (including phenoxy) is 1. The summed E-state index contributed by atoms with van der Waals surface area (Å²) in [7, 11) is 1.94. The second kappa shape index (κ2) is 2.64. The highest BCUT2D eigenvalue weighted by Gasteiger charge is 2.36. The lowest BCUT2D eigenvalue weighted by Gasteiger charge is -2.40. The van der Waals surface area contributed by atoms with Crippen LogP contribution in [-0.4, -0.2) is 33.4 Å². The zero-order valence-electron chi connectivity index (χ0n) is 5.81. The molecule has 0 saturated carbocycles. The molecule has 1 saturated heterocycles. The zero-order valence-corrected chi connectivity index (χ0v) is 5.81. The molecule has 0 radical (unpaired) electrons. The Morgan fingerprint density at radius 3 is 2.44 bits per heavy atom. The van der Waals surface area contributed by atoms with Crippen molar-refractivity contribution in [2.45, 2.75) is 0 Å². The van der Waals surface area contributed by atoms with E-state index in [-0.39, 0.29) is 5.41 Å². The van der Waals surface area contributed by atoms with Crippen molar-refractivity contribution < 1.29 is 4.74 Å². The average Bonchev–Trinajstić information content (AvgIpc) is 1.79. The molecule has 0 spiro atoms. The summed E-state index contributed by atoms with van der Waals surface area (Å²) >= 11 is 0. The van der Waals surface area contributed by atoms with Gasteiger partial charge in [-0.05, 0) is 7.05 Å². The molecular weight excluding hydrogens is 116 g/mol. The van der Waals surface area contributed by atoms with Gasteiger partial charge >= 0.3 is 0 Å². The monoisotopic (exact) mass is 130 g/mol. The summed E-state index contributed by atoms with van der Waals surface area (Å²) < 4.78 is 5.06. The molecule has 0 aliphatic carbocycles. The molecular formula is C6H14N2O. The van der Waals surface area contributed by atoms with Gasteiger partial charge in [0, 0.05) is 18.5 Å². The highest BCUT2D eigenvalue weighted by Crippen LogP contribution is 2.24. The highest BCUT2D eigenvalue weighted by atomic mass is 16.5. The standard InChI is InChI=1S/C6H14N2O/c1-8-3-6(2-7)4-9-5-6/h8H,2-5,7H2,1H3. The summed E-state index contributed by atoms with van der Waals surface area (Å²) in [4.78, 5) is 0. The third-order valence-electron chi connectivity index (χ3n) is 1.80. The van der Waals surface area contributed by atoms with Crippen LogP contribution in [0.3, 0.4) is 0 Å². The van der Waals surface area contributed by atoms with Crippen LogP contribution in [0.15, 0.2) is 0 Å². The van der Waals surface area contributed by atoms with E-state index in [1.54, 1.807) is 0 Å². The molecule has 0 amide bonds. The van der Waals surface area contributed by atoms with Crippen LogP contribution in [0.1, 0.15) is 0 Å². The zero-order chi connectivity index (χ0) is 6.74. The Morgan fingerprint density at radius 1 is 1.67 bits per heavy atom. The first-order chi connectivity index (χ1) is 4.33. The van der Waals surface area contributed by atoms with Crippen LogP contribution in [0.25, 0.3) is 0 Å². The predicted octanol–water partition coefficient (Wildman–Crippen LogP) is -0.819. The third kappa shape index (κ3) is 1.23. The summed E-state index contributed by atoms with van der Waals surface area (Å²) in [5.74, 6) is 0. The minimum atomic E-state index is 0.259. The van der Waals surface area contributed by atoms with E-state index in [2.05, 4.69) is 5.32 Å². The molecule has 1 rings (SSSR count). The minimum Gasteiger partial charge on any atom is -0.380 e. The number of nitrogens with two attached hydrogens (primary N) is 1. The molecule has 1 aliphatic heterocycles. The van der Waals surface area contributed by atoms with Crippen LogP contribution >= 0.6 is 0 Å². The summed E-state index contributed by atoms with van der Waals surface area (Å²) in [6.45, 7) is 3.35. The van der Waals surface area contributed by atoms with Gasteiger partial charge in [0.25, 0.3) is 0 Å². The lowest BCUT2D eigenvalue weighted by atomic mass is 9.86. The molecule has 0 unspecified atom stereocenters. The van der Waals surface area contributed by atoms with E-state index >= 15 is 0 Å². The van der Waals surface area contributed by atoms with Gasteiger partial charge in [0.2, 0.25) is 0 Å². The summed E-state index contributed by atoms with van der Waals surface area (Å²) in [5.41, 5.74) is 5.79. The molecule has 1 aliphatic rings. The normalized spacial score (nSPS) is 23.3. The Hall–Kier alpha value is -0.120. The van der Waals surface area contributed by atoms with Crippen molar-refractivity contribution in [1.29, 1.82) is 0 Å². The molecule has 3 heteroatoms. The Labute approximate surface area is 55.6 Å². The van der Waals surface area contributed by atoms with Gasteiger partial charge in [-0.15, -0.1) is 0 Å².